The lowest BCUT2D eigenvalue weighted by atomic mass is 10.1. The lowest BCUT2D eigenvalue weighted by Gasteiger charge is -2.19. The number of thiazole rings is 1. The van der Waals surface area contributed by atoms with Crippen molar-refractivity contribution in [3.63, 3.8) is 0 Å². The number of nitrogens with one attached hydrogen (secondary N) is 1. The highest BCUT2D eigenvalue weighted by atomic mass is 32.2. The van der Waals surface area contributed by atoms with Gasteiger partial charge in [-0.2, -0.15) is 13.2 Å². The van der Waals surface area contributed by atoms with Crippen LogP contribution in [0.15, 0.2) is 65.1 Å². The molecule has 33 heavy (non-hydrogen) atoms. The number of hydrogen-bond donors (Lipinski definition) is 1. The number of rotatable bonds is 6. The highest BCUT2D eigenvalue weighted by Crippen LogP contribution is 2.31. The van der Waals surface area contributed by atoms with Crippen LogP contribution >= 0.6 is 23.3 Å². The first-order chi connectivity index (χ1) is 15.7. The maximum absolute atomic E-state index is 14.2. The van der Waals surface area contributed by atoms with Crippen molar-refractivity contribution in [2.24, 2.45) is 0 Å². The quantitative estimate of drug-likeness (QED) is 0.255. The third kappa shape index (κ3) is 5.09. The molecule has 0 saturated carbocycles. The van der Waals surface area contributed by atoms with Crippen LogP contribution in [-0.2, 0) is 12.7 Å². The van der Waals surface area contributed by atoms with E-state index < -0.39 is 23.6 Å². The molecule has 1 amide bonds. The number of aromatic nitrogens is 2. The zero-order chi connectivity index (χ0) is 23.6. The fourth-order valence-corrected chi connectivity index (χ4v) is 4.63. The summed E-state index contributed by atoms with van der Waals surface area (Å²) in [5, 5.41) is 0. The predicted molar refractivity (Wildman–Crippen MR) is 121 cm³/mol. The lowest BCUT2D eigenvalue weighted by molar-refractivity contribution is -0.143. The SMILES string of the molecule is CN(Cc1ccnc(C(F)(F)F)c1F)C(=O)c1ccc(NSc2cccc3scnc23)cc1. The van der Waals surface area contributed by atoms with Crippen molar-refractivity contribution < 1.29 is 22.4 Å². The highest BCUT2D eigenvalue weighted by molar-refractivity contribution is 8.00. The van der Waals surface area contributed by atoms with Gasteiger partial charge >= 0.3 is 6.18 Å². The van der Waals surface area contributed by atoms with Gasteiger partial charge in [0, 0.05) is 36.6 Å². The number of fused-ring (bicyclic) bond motifs is 1. The molecular formula is C22H16F4N4OS2. The zero-order valence-corrected chi connectivity index (χ0v) is 18.7. The molecule has 0 unspecified atom stereocenters. The molecule has 1 N–H and O–H groups in total. The number of anilines is 1. The lowest BCUT2D eigenvalue weighted by Crippen LogP contribution is -2.27. The molecule has 11 heteroatoms. The first-order valence-electron chi connectivity index (χ1n) is 9.55. The molecule has 2 aromatic carbocycles. The van der Waals surface area contributed by atoms with Crippen LogP contribution < -0.4 is 4.72 Å². The van der Waals surface area contributed by atoms with Crippen molar-refractivity contribution in [2.45, 2.75) is 17.6 Å². The van der Waals surface area contributed by atoms with Gasteiger partial charge in [0.1, 0.15) is 0 Å². The highest BCUT2D eigenvalue weighted by Gasteiger charge is 2.37. The summed E-state index contributed by atoms with van der Waals surface area (Å²) < 4.78 is 57.1. The second kappa shape index (κ2) is 9.36. The Balaban J connectivity index is 1.41. The fraction of sp³-hybridized carbons (Fsp3) is 0.136. The third-order valence-electron chi connectivity index (χ3n) is 4.73. The number of nitrogens with zero attached hydrogens (tertiary/aromatic N) is 3. The van der Waals surface area contributed by atoms with Crippen molar-refractivity contribution in [1.82, 2.24) is 14.9 Å². The average Bonchev–Trinajstić information content (AvgIpc) is 3.27. The van der Waals surface area contributed by atoms with Gasteiger partial charge in [0.05, 0.1) is 20.6 Å². The Bertz CT molecular complexity index is 1290. The van der Waals surface area contributed by atoms with Crippen LogP contribution in [0.3, 0.4) is 0 Å². The van der Waals surface area contributed by atoms with E-state index in [9.17, 15) is 22.4 Å². The number of benzene rings is 2. The van der Waals surface area contributed by atoms with E-state index in [-0.39, 0.29) is 12.1 Å². The molecule has 5 nitrogen and oxygen atoms in total. The molecule has 0 spiro atoms. The fourth-order valence-electron chi connectivity index (χ4n) is 3.09. The molecule has 0 atom stereocenters. The summed E-state index contributed by atoms with van der Waals surface area (Å²) in [7, 11) is 1.39. The zero-order valence-electron chi connectivity index (χ0n) is 17.1. The van der Waals surface area contributed by atoms with Gasteiger partial charge in [-0.15, -0.1) is 11.3 Å². The molecule has 2 aromatic heterocycles. The van der Waals surface area contributed by atoms with Crippen molar-refractivity contribution in [2.75, 3.05) is 11.8 Å². The average molecular weight is 493 g/mol. The Hall–Kier alpha value is -3.18. The minimum atomic E-state index is -4.91. The van der Waals surface area contributed by atoms with Crippen LogP contribution in [0.1, 0.15) is 21.6 Å². The molecule has 0 aliphatic rings. The first-order valence-corrected chi connectivity index (χ1v) is 11.2. The van der Waals surface area contributed by atoms with E-state index in [2.05, 4.69) is 14.7 Å². The number of hydrogen-bond acceptors (Lipinski definition) is 6. The monoisotopic (exact) mass is 492 g/mol. The van der Waals surface area contributed by atoms with Gasteiger partial charge in [-0.25, -0.2) is 14.4 Å². The maximum Gasteiger partial charge on any atom is 0.436 e. The van der Waals surface area contributed by atoms with E-state index in [1.165, 1.54) is 19.0 Å². The van der Waals surface area contributed by atoms with Crippen LogP contribution in [0, 0.1) is 5.82 Å². The van der Waals surface area contributed by atoms with Crippen molar-refractivity contribution in [3.8, 4) is 0 Å². The molecule has 4 rings (SSSR count). The van der Waals surface area contributed by atoms with Crippen molar-refractivity contribution >= 4 is 45.1 Å². The number of para-hydroxylation sites is 1. The summed E-state index contributed by atoms with van der Waals surface area (Å²) in [5.74, 6) is -1.93. The molecule has 170 valence electrons. The normalized spacial score (nSPS) is 11.5. The molecule has 0 fully saturated rings. The summed E-state index contributed by atoms with van der Waals surface area (Å²) in [4.78, 5) is 22.2. The van der Waals surface area contributed by atoms with Gasteiger partial charge in [0.2, 0.25) is 0 Å². The van der Waals surface area contributed by atoms with E-state index in [4.69, 9.17) is 0 Å². The molecule has 0 radical (unpaired) electrons. The number of carbonyl (C=O) groups excluding carboxylic acids is 1. The predicted octanol–water partition coefficient (Wildman–Crippen LogP) is 6.24. The summed E-state index contributed by atoms with van der Waals surface area (Å²) in [6, 6.07) is 13.6. The van der Waals surface area contributed by atoms with Gasteiger partial charge in [-0.3, -0.25) is 4.79 Å². The molecule has 0 aliphatic carbocycles. The van der Waals surface area contributed by atoms with E-state index in [0.717, 1.165) is 38.0 Å². The smallest absolute Gasteiger partial charge is 0.337 e. The van der Waals surface area contributed by atoms with Crippen LogP contribution in [0.25, 0.3) is 10.2 Å². The van der Waals surface area contributed by atoms with E-state index in [0.29, 0.717) is 5.56 Å². The Morgan fingerprint density at radius 2 is 1.88 bits per heavy atom. The molecular weight excluding hydrogens is 476 g/mol. The van der Waals surface area contributed by atoms with Crippen LogP contribution in [-0.4, -0.2) is 27.8 Å². The van der Waals surface area contributed by atoms with Crippen LogP contribution in [0.2, 0.25) is 0 Å². The molecule has 0 bridgehead atoms. The maximum atomic E-state index is 14.2. The Morgan fingerprint density at radius 3 is 2.61 bits per heavy atom. The number of amides is 1. The molecule has 2 heterocycles. The van der Waals surface area contributed by atoms with Gasteiger partial charge in [0.25, 0.3) is 5.91 Å². The molecule has 4 aromatic rings. The van der Waals surface area contributed by atoms with E-state index in [1.807, 2.05) is 18.2 Å². The van der Waals surface area contributed by atoms with Gasteiger partial charge < -0.3 is 9.62 Å². The van der Waals surface area contributed by atoms with Crippen molar-refractivity contribution in [1.29, 1.82) is 0 Å². The Kier molecular flexibility index (Phi) is 6.52. The van der Waals surface area contributed by atoms with Crippen molar-refractivity contribution in [3.05, 3.63) is 82.9 Å². The minimum Gasteiger partial charge on any atom is -0.337 e. The first kappa shape index (κ1) is 23.0. The number of halogens is 4. The second-order valence-corrected chi connectivity index (χ2v) is 8.76. The van der Waals surface area contributed by atoms with Crippen LogP contribution in [0.5, 0.6) is 0 Å². The van der Waals surface area contributed by atoms with Gasteiger partial charge in [-0.1, -0.05) is 6.07 Å². The van der Waals surface area contributed by atoms with Gasteiger partial charge in [0.15, 0.2) is 11.5 Å². The number of alkyl halides is 3. The Morgan fingerprint density at radius 1 is 1.12 bits per heavy atom. The second-order valence-electron chi connectivity index (χ2n) is 7.03. The number of pyridine rings is 1. The summed E-state index contributed by atoms with van der Waals surface area (Å²) >= 11 is 2.95. The molecule has 0 saturated heterocycles. The Labute approximate surface area is 194 Å². The third-order valence-corrected chi connectivity index (χ3v) is 6.41. The minimum absolute atomic E-state index is 0.265. The largest absolute Gasteiger partial charge is 0.436 e. The topological polar surface area (TPSA) is 58.1 Å². The van der Waals surface area contributed by atoms with E-state index >= 15 is 0 Å². The standard InChI is InChI=1S/C22H16F4N4OS2/c1-30(11-14-9-10-27-20(18(14)23)22(24,25)26)21(31)13-5-7-15(8-6-13)29-33-17-4-2-3-16-19(17)28-12-32-16/h2-10,12,29H,11H2,1H3. The summed E-state index contributed by atoms with van der Waals surface area (Å²) in [5.41, 5.74) is 1.90. The summed E-state index contributed by atoms with van der Waals surface area (Å²) in [6.07, 6.45) is -4.03. The summed E-state index contributed by atoms with van der Waals surface area (Å²) in [6.45, 7) is -0.330. The molecule has 0 aliphatic heterocycles. The van der Waals surface area contributed by atoms with Gasteiger partial charge in [-0.05, 0) is 54.4 Å². The number of carbonyl (C=O) groups is 1. The van der Waals surface area contributed by atoms with Crippen LogP contribution in [0.4, 0.5) is 23.2 Å². The van der Waals surface area contributed by atoms with E-state index in [1.54, 1.807) is 41.1 Å².